The second kappa shape index (κ2) is 8.69. The van der Waals surface area contributed by atoms with Crippen molar-refractivity contribution in [2.24, 2.45) is 0 Å². The highest BCUT2D eigenvalue weighted by atomic mass is 32.1. The van der Waals surface area contributed by atoms with Crippen molar-refractivity contribution in [3.8, 4) is 11.1 Å². The summed E-state index contributed by atoms with van der Waals surface area (Å²) in [5.41, 5.74) is 3.03. The van der Waals surface area contributed by atoms with Crippen molar-refractivity contribution in [2.75, 3.05) is 11.9 Å². The van der Waals surface area contributed by atoms with Gasteiger partial charge in [0.15, 0.2) is 0 Å². The highest BCUT2D eigenvalue weighted by Crippen LogP contribution is 2.40. The number of imidazole rings is 1. The summed E-state index contributed by atoms with van der Waals surface area (Å²) in [5, 5.41) is 3.28. The molecule has 1 N–H and O–H groups in total. The van der Waals surface area contributed by atoms with E-state index >= 15 is 0 Å². The van der Waals surface area contributed by atoms with Gasteiger partial charge in [-0.15, -0.1) is 11.3 Å². The molecule has 8 heteroatoms. The van der Waals surface area contributed by atoms with Crippen LogP contribution in [0, 0.1) is 12.7 Å². The number of anilines is 1. The van der Waals surface area contributed by atoms with Crippen molar-refractivity contribution in [2.45, 2.75) is 20.3 Å². The normalized spacial score (nSPS) is 10.9. The number of aromatic nitrogens is 2. The number of amides is 1. The highest BCUT2D eigenvalue weighted by Gasteiger charge is 2.25. The molecule has 0 aliphatic heterocycles. The molecule has 31 heavy (non-hydrogen) atoms. The van der Waals surface area contributed by atoms with Crippen LogP contribution in [0.4, 0.5) is 9.39 Å². The number of ether oxygens (including phenoxy) is 1. The molecule has 3 aromatic heterocycles. The number of aryl methyl sites for hydroxylation is 1. The molecule has 0 aliphatic carbocycles. The number of hydrogen-bond donors (Lipinski definition) is 1. The number of pyridine rings is 1. The van der Waals surface area contributed by atoms with Crippen molar-refractivity contribution >= 4 is 33.9 Å². The monoisotopic (exact) mass is 437 g/mol. The zero-order valence-electron chi connectivity index (χ0n) is 17.0. The number of esters is 1. The summed E-state index contributed by atoms with van der Waals surface area (Å²) in [4.78, 5) is 30.7. The highest BCUT2D eigenvalue weighted by molar-refractivity contribution is 7.17. The molecular formula is C23H20FN3O3S. The third-order valence-corrected chi connectivity index (χ3v) is 5.71. The lowest BCUT2D eigenvalue weighted by Gasteiger charge is -2.09. The number of hydrogen-bond acceptors (Lipinski definition) is 5. The van der Waals surface area contributed by atoms with Gasteiger partial charge in [0.2, 0.25) is 5.91 Å². The Morgan fingerprint density at radius 2 is 1.94 bits per heavy atom. The maximum Gasteiger partial charge on any atom is 0.341 e. The molecule has 0 unspecified atom stereocenters. The number of nitrogens with zero attached hydrogens (tertiary/aromatic N) is 2. The Labute approximate surface area is 182 Å². The van der Waals surface area contributed by atoms with Crippen LogP contribution in [0.15, 0.2) is 54.9 Å². The van der Waals surface area contributed by atoms with E-state index in [1.807, 2.05) is 37.3 Å². The first-order valence-electron chi connectivity index (χ1n) is 9.75. The summed E-state index contributed by atoms with van der Waals surface area (Å²) in [5.74, 6) is -1.19. The van der Waals surface area contributed by atoms with Gasteiger partial charge in [-0.25, -0.2) is 14.2 Å². The summed E-state index contributed by atoms with van der Waals surface area (Å²) in [7, 11) is 0. The molecule has 0 fully saturated rings. The lowest BCUT2D eigenvalue weighted by atomic mass is 10.0. The van der Waals surface area contributed by atoms with Gasteiger partial charge in [-0.1, -0.05) is 30.3 Å². The van der Waals surface area contributed by atoms with Gasteiger partial charge in [0.05, 0.1) is 18.7 Å². The van der Waals surface area contributed by atoms with Crippen LogP contribution in [0.2, 0.25) is 0 Å². The molecule has 158 valence electrons. The lowest BCUT2D eigenvalue weighted by molar-refractivity contribution is -0.115. The van der Waals surface area contributed by atoms with E-state index < -0.39 is 5.97 Å². The Hall–Kier alpha value is -3.52. The second-order valence-corrected chi connectivity index (χ2v) is 8.12. The molecule has 4 rings (SSSR count). The van der Waals surface area contributed by atoms with Gasteiger partial charge in [0, 0.05) is 22.8 Å². The van der Waals surface area contributed by atoms with E-state index in [2.05, 4.69) is 10.3 Å². The molecule has 0 atom stereocenters. The molecule has 6 nitrogen and oxygen atoms in total. The van der Waals surface area contributed by atoms with E-state index in [0.29, 0.717) is 21.9 Å². The maximum atomic E-state index is 13.4. The SMILES string of the molecule is CCOC(=O)c1c(NC(=O)Cc2cn3cc(F)ccc3n2)sc(C)c1-c1ccccc1. The third-order valence-electron chi connectivity index (χ3n) is 4.69. The number of halogens is 1. The first-order valence-corrected chi connectivity index (χ1v) is 10.6. The van der Waals surface area contributed by atoms with Gasteiger partial charge in [-0.05, 0) is 31.5 Å². The van der Waals surface area contributed by atoms with E-state index in [1.165, 1.54) is 28.0 Å². The minimum Gasteiger partial charge on any atom is -0.462 e. The quantitative estimate of drug-likeness (QED) is 0.437. The number of carbonyl (C=O) groups is 2. The molecule has 0 radical (unpaired) electrons. The molecule has 3 heterocycles. The molecule has 4 aromatic rings. The molecule has 0 aliphatic rings. The summed E-state index contributed by atoms with van der Waals surface area (Å²) in [6.45, 7) is 3.87. The Balaban J connectivity index is 1.63. The molecule has 0 spiro atoms. The molecule has 0 bridgehead atoms. The average Bonchev–Trinajstić information content (AvgIpc) is 3.27. The molecular weight excluding hydrogens is 417 g/mol. The molecule has 0 saturated heterocycles. The molecule has 0 saturated carbocycles. The largest absolute Gasteiger partial charge is 0.462 e. The standard InChI is InChI=1S/C23H20FN3O3S/c1-3-30-23(29)21-20(15-7-5-4-6-8-15)14(2)31-22(21)26-19(28)11-17-13-27-12-16(24)9-10-18(27)25-17/h4-10,12-13H,3,11H2,1-2H3,(H,26,28). The fourth-order valence-electron chi connectivity index (χ4n) is 3.42. The van der Waals surface area contributed by atoms with Crippen LogP contribution in [0.25, 0.3) is 16.8 Å². The van der Waals surface area contributed by atoms with Gasteiger partial charge >= 0.3 is 5.97 Å². The van der Waals surface area contributed by atoms with E-state index in [4.69, 9.17) is 4.74 Å². The van der Waals surface area contributed by atoms with Crippen LogP contribution in [0.3, 0.4) is 0 Å². The number of fused-ring (bicyclic) bond motifs is 1. The zero-order chi connectivity index (χ0) is 22.0. The summed E-state index contributed by atoms with van der Waals surface area (Å²) in [6, 6.07) is 12.4. The lowest BCUT2D eigenvalue weighted by Crippen LogP contribution is -2.16. The number of rotatable bonds is 6. The number of benzene rings is 1. The number of nitrogens with one attached hydrogen (secondary N) is 1. The number of thiophene rings is 1. The predicted molar refractivity (Wildman–Crippen MR) is 118 cm³/mol. The van der Waals surface area contributed by atoms with Crippen LogP contribution < -0.4 is 5.32 Å². The van der Waals surface area contributed by atoms with Gasteiger partial charge in [0.25, 0.3) is 0 Å². The fourth-order valence-corrected chi connectivity index (χ4v) is 4.50. The van der Waals surface area contributed by atoms with Crippen LogP contribution >= 0.6 is 11.3 Å². The van der Waals surface area contributed by atoms with Gasteiger partial charge in [0.1, 0.15) is 22.0 Å². The predicted octanol–water partition coefficient (Wildman–Crippen LogP) is 4.87. The minimum atomic E-state index is -0.482. The van der Waals surface area contributed by atoms with Crippen molar-refractivity contribution in [1.82, 2.24) is 9.38 Å². The second-order valence-electron chi connectivity index (χ2n) is 6.89. The Morgan fingerprint density at radius 1 is 1.16 bits per heavy atom. The smallest absolute Gasteiger partial charge is 0.341 e. The minimum absolute atomic E-state index is 0.0107. The van der Waals surface area contributed by atoms with E-state index in [0.717, 1.165) is 16.0 Å². The van der Waals surface area contributed by atoms with Crippen molar-refractivity contribution in [3.05, 3.63) is 76.8 Å². The Kier molecular flexibility index (Phi) is 5.81. The van der Waals surface area contributed by atoms with Crippen LogP contribution in [-0.4, -0.2) is 27.9 Å². The van der Waals surface area contributed by atoms with Crippen molar-refractivity contribution < 1.29 is 18.7 Å². The maximum absolute atomic E-state index is 13.4. The molecule has 1 amide bonds. The molecule has 1 aromatic carbocycles. The van der Waals surface area contributed by atoms with Crippen molar-refractivity contribution in [3.63, 3.8) is 0 Å². The third kappa shape index (κ3) is 4.34. The fraction of sp³-hybridized carbons (Fsp3) is 0.174. The van der Waals surface area contributed by atoms with Gasteiger partial charge in [-0.3, -0.25) is 4.79 Å². The van der Waals surface area contributed by atoms with Crippen LogP contribution in [0.1, 0.15) is 27.9 Å². The summed E-state index contributed by atoms with van der Waals surface area (Å²) in [6.07, 6.45) is 2.90. The van der Waals surface area contributed by atoms with E-state index in [1.54, 1.807) is 19.2 Å². The van der Waals surface area contributed by atoms with Crippen LogP contribution in [0.5, 0.6) is 0 Å². The summed E-state index contributed by atoms with van der Waals surface area (Å²) < 4.78 is 20.2. The summed E-state index contributed by atoms with van der Waals surface area (Å²) >= 11 is 1.33. The zero-order valence-corrected chi connectivity index (χ0v) is 17.8. The Morgan fingerprint density at radius 3 is 2.68 bits per heavy atom. The van der Waals surface area contributed by atoms with Crippen LogP contribution in [-0.2, 0) is 16.0 Å². The van der Waals surface area contributed by atoms with Gasteiger partial charge in [-0.2, -0.15) is 0 Å². The van der Waals surface area contributed by atoms with Gasteiger partial charge < -0.3 is 14.5 Å². The average molecular weight is 437 g/mol. The number of carbonyl (C=O) groups excluding carboxylic acids is 2. The van der Waals surface area contributed by atoms with Crippen molar-refractivity contribution in [1.29, 1.82) is 0 Å². The first-order chi connectivity index (χ1) is 15.0. The topological polar surface area (TPSA) is 72.7 Å². The Bertz CT molecular complexity index is 1260. The van der Waals surface area contributed by atoms with E-state index in [9.17, 15) is 14.0 Å². The van der Waals surface area contributed by atoms with E-state index in [-0.39, 0.29) is 24.8 Å². The first kappa shape index (κ1) is 20.7.